The molecule has 0 spiro atoms. The van der Waals surface area contributed by atoms with Gasteiger partial charge >= 0.3 is 0 Å². The number of amides is 1. The summed E-state index contributed by atoms with van der Waals surface area (Å²) in [5.41, 5.74) is 2.82. The van der Waals surface area contributed by atoms with E-state index in [4.69, 9.17) is 0 Å². The van der Waals surface area contributed by atoms with E-state index in [0.29, 0.717) is 30.3 Å². The number of nitrogens with zero attached hydrogens (tertiary/aromatic N) is 3. The first-order valence-electron chi connectivity index (χ1n) is 6.74. The minimum absolute atomic E-state index is 0.125. The Bertz CT molecular complexity index is 686. The first-order valence-corrected chi connectivity index (χ1v) is 7.38. The largest absolute Gasteiger partial charge is 0.296 e. The van der Waals surface area contributed by atoms with Crippen LogP contribution in [0.1, 0.15) is 17.7 Å². The molecular weight excluding hydrogens is 270 g/mol. The van der Waals surface area contributed by atoms with Gasteiger partial charge in [-0.3, -0.25) is 9.69 Å². The zero-order valence-corrected chi connectivity index (χ0v) is 12.5. The van der Waals surface area contributed by atoms with Gasteiger partial charge in [0.15, 0.2) is 5.65 Å². The van der Waals surface area contributed by atoms with Gasteiger partial charge in [0.1, 0.15) is 5.82 Å². The van der Waals surface area contributed by atoms with Crippen LogP contribution in [-0.4, -0.2) is 28.2 Å². The molecule has 1 amide bonds. The van der Waals surface area contributed by atoms with Crippen molar-refractivity contribution in [2.24, 2.45) is 5.92 Å². The van der Waals surface area contributed by atoms with E-state index in [0.717, 1.165) is 22.4 Å². The van der Waals surface area contributed by atoms with Gasteiger partial charge in [0.05, 0.1) is 0 Å². The van der Waals surface area contributed by atoms with Gasteiger partial charge in [-0.1, -0.05) is 0 Å². The van der Waals surface area contributed by atoms with Crippen LogP contribution in [0.15, 0.2) is 18.2 Å². The van der Waals surface area contributed by atoms with Crippen LogP contribution in [0.4, 0.5) is 5.82 Å². The molecule has 0 N–H and O–H groups in total. The smallest absolute Gasteiger partial charge is 0.228 e. The van der Waals surface area contributed by atoms with Crippen molar-refractivity contribution in [1.29, 1.82) is 0 Å². The van der Waals surface area contributed by atoms with E-state index < -0.39 is 0 Å². The van der Waals surface area contributed by atoms with Crippen LogP contribution in [0.5, 0.6) is 0 Å². The fourth-order valence-electron chi connectivity index (χ4n) is 2.70. The molecule has 5 heteroatoms. The summed E-state index contributed by atoms with van der Waals surface area (Å²) in [6, 6.07) is 5.95. The van der Waals surface area contributed by atoms with Gasteiger partial charge in [-0.05, 0) is 49.3 Å². The van der Waals surface area contributed by atoms with E-state index in [2.05, 4.69) is 29.5 Å². The normalized spacial score (nSPS) is 19.1. The molecule has 20 heavy (non-hydrogen) atoms. The molecule has 1 aliphatic rings. The molecule has 1 aliphatic heterocycles. The highest BCUT2D eigenvalue weighted by Crippen LogP contribution is 2.26. The SMILES string of the molecule is Cc1cc(C)c2ccc(N3CC(CS)CC3=O)nc2n1. The number of hydrogen-bond acceptors (Lipinski definition) is 4. The number of carbonyl (C=O) groups is 1. The summed E-state index contributed by atoms with van der Waals surface area (Å²) < 4.78 is 0. The maximum absolute atomic E-state index is 12.0. The van der Waals surface area contributed by atoms with Crippen molar-refractivity contribution >= 4 is 35.4 Å². The van der Waals surface area contributed by atoms with Crippen molar-refractivity contribution in [2.75, 3.05) is 17.2 Å². The Labute approximate surface area is 123 Å². The lowest BCUT2D eigenvalue weighted by atomic mass is 10.1. The number of pyridine rings is 2. The van der Waals surface area contributed by atoms with E-state index >= 15 is 0 Å². The third-order valence-corrected chi connectivity index (χ3v) is 4.25. The highest BCUT2D eigenvalue weighted by atomic mass is 32.1. The van der Waals surface area contributed by atoms with Crippen LogP contribution in [-0.2, 0) is 4.79 Å². The Morgan fingerprint density at radius 3 is 2.85 bits per heavy atom. The monoisotopic (exact) mass is 287 g/mol. The number of aryl methyl sites for hydroxylation is 2. The van der Waals surface area contributed by atoms with Gasteiger partial charge in [0.2, 0.25) is 5.91 Å². The zero-order valence-electron chi connectivity index (χ0n) is 11.6. The summed E-state index contributed by atoms with van der Waals surface area (Å²) in [6.07, 6.45) is 0.559. The van der Waals surface area contributed by atoms with Gasteiger partial charge < -0.3 is 0 Å². The Balaban J connectivity index is 2.03. The molecule has 3 heterocycles. The fourth-order valence-corrected chi connectivity index (χ4v) is 2.94. The lowest BCUT2D eigenvalue weighted by Gasteiger charge is -2.16. The van der Waals surface area contributed by atoms with Gasteiger partial charge in [-0.2, -0.15) is 12.6 Å². The highest BCUT2D eigenvalue weighted by Gasteiger charge is 2.30. The quantitative estimate of drug-likeness (QED) is 0.863. The van der Waals surface area contributed by atoms with Crippen molar-refractivity contribution in [2.45, 2.75) is 20.3 Å². The number of rotatable bonds is 2. The van der Waals surface area contributed by atoms with Crippen LogP contribution in [0.3, 0.4) is 0 Å². The second-order valence-electron chi connectivity index (χ2n) is 5.38. The van der Waals surface area contributed by atoms with Crippen molar-refractivity contribution in [3.63, 3.8) is 0 Å². The number of anilines is 1. The maximum atomic E-state index is 12.0. The van der Waals surface area contributed by atoms with Crippen molar-refractivity contribution in [3.8, 4) is 0 Å². The second-order valence-corrected chi connectivity index (χ2v) is 5.74. The molecule has 3 rings (SSSR count). The molecule has 0 radical (unpaired) electrons. The van der Waals surface area contributed by atoms with E-state index in [-0.39, 0.29) is 5.91 Å². The number of hydrogen-bond donors (Lipinski definition) is 1. The maximum Gasteiger partial charge on any atom is 0.228 e. The minimum atomic E-state index is 0.125. The predicted molar refractivity (Wildman–Crippen MR) is 83.3 cm³/mol. The van der Waals surface area contributed by atoms with Crippen LogP contribution in [0.25, 0.3) is 11.0 Å². The standard InChI is InChI=1S/C15H17N3OS/c1-9-5-10(2)16-15-12(9)3-4-13(17-15)18-7-11(8-20)6-14(18)19/h3-5,11,20H,6-8H2,1-2H3. The van der Waals surface area contributed by atoms with E-state index in [1.807, 2.05) is 25.1 Å². The molecule has 1 fully saturated rings. The molecule has 0 aliphatic carbocycles. The third kappa shape index (κ3) is 2.26. The molecule has 104 valence electrons. The molecule has 1 saturated heterocycles. The lowest BCUT2D eigenvalue weighted by Crippen LogP contribution is -2.25. The number of thiol groups is 1. The topological polar surface area (TPSA) is 46.1 Å². The lowest BCUT2D eigenvalue weighted by molar-refractivity contribution is -0.117. The second kappa shape index (κ2) is 5.05. The molecule has 2 aromatic rings. The number of aromatic nitrogens is 2. The molecule has 2 aromatic heterocycles. The minimum Gasteiger partial charge on any atom is -0.296 e. The summed E-state index contributed by atoms with van der Waals surface area (Å²) in [5, 5.41) is 1.04. The molecule has 4 nitrogen and oxygen atoms in total. The molecule has 0 aromatic carbocycles. The summed E-state index contributed by atoms with van der Waals surface area (Å²) in [7, 11) is 0. The van der Waals surface area contributed by atoms with Gasteiger partial charge in [-0.25, -0.2) is 9.97 Å². The number of carbonyl (C=O) groups excluding carboxylic acids is 1. The molecule has 0 saturated carbocycles. The summed E-state index contributed by atoms with van der Waals surface area (Å²) in [4.78, 5) is 22.8. The van der Waals surface area contributed by atoms with Crippen molar-refractivity contribution in [3.05, 3.63) is 29.5 Å². The van der Waals surface area contributed by atoms with E-state index in [1.54, 1.807) is 4.90 Å². The third-order valence-electron chi connectivity index (χ3n) is 3.73. The van der Waals surface area contributed by atoms with Gasteiger partial charge in [-0.15, -0.1) is 0 Å². The van der Waals surface area contributed by atoms with Crippen molar-refractivity contribution < 1.29 is 4.79 Å². The molecular formula is C15H17N3OS. The molecule has 1 unspecified atom stereocenters. The van der Waals surface area contributed by atoms with Crippen LogP contribution in [0, 0.1) is 19.8 Å². The predicted octanol–water partition coefficient (Wildman–Crippen LogP) is 2.53. The van der Waals surface area contributed by atoms with Gasteiger partial charge in [0.25, 0.3) is 0 Å². The Kier molecular flexibility index (Phi) is 3.38. The molecule has 0 bridgehead atoms. The average Bonchev–Trinajstić information content (AvgIpc) is 2.79. The Morgan fingerprint density at radius 2 is 2.15 bits per heavy atom. The van der Waals surface area contributed by atoms with E-state index in [9.17, 15) is 4.79 Å². The number of fused-ring (bicyclic) bond motifs is 1. The van der Waals surface area contributed by atoms with Crippen molar-refractivity contribution in [1.82, 2.24) is 9.97 Å². The summed E-state index contributed by atoms with van der Waals surface area (Å²) >= 11 is 4.28. The van der Waals surface area contributed by atoms with Gasteiger partial charge in [0, 0.05) is 24.0 Å². The first kappa shape index (κ1) is 13.4. The van der Waals surface area contributed by atoms with E-state index in [1.165, 1.54) is 0 Å². The highest BCUT2D eigenvalue weighted by molar-refractivity contribution is 7.80. The Hall–Kier alpha value is -1.62. The summed E-state index contributed by atoms with van der Waals surface area (Å²) in [5.74, 6) is 1.87. The molecule has 1 atom stereocenters. The van der Waals surface area contributed by atoms with Crippen LogP contribution >= 0.6 is 12.6 Å². The van der Waals surface area contributed by atoms with Crippen LogP contribution < -0.4 is 4.90 Å². The zero-order chi connectivity index (χ0) is 14.3. The fraction of sp³-hybridized carbons (Fsp3) is 0.400. The average molecular weight is 287 g/mol. The first-order chi connectivity index (χ1) is 9.58. The van der Waals surface area contributed by atoms with Crippen LogP contribution in [0.2, 0.25) is 0 Å². The Morgan fingerprint density at radius 1 is 1.35 bits per heavy atom. The summed E-state index contributed by atoms with van der Waals surface area (Å²) in [6.45, 7) is 4.71.